The molecule has 0 N–H and O–H groups in total. The topological polar surface area (TPSA) is 47.4 Å². The van der Waals surface area contributed by atoms with Crippen molar-refractivity contribution in [1.82, 2.24) is 14.7 Å². The van der Waals surface area contributed by atoms with Crippen LogP contribution in [0.2, 0.25) is 0 Å². The van der Waals surface area contributed by atoms with Crippen molar-refractivity contribution in [1.29, 1.82) is 0 Å². The maximum Gasteiger partial charge on any atom is 0.244 e. The number of rotatable bonds is 3. The Labute approximate surface area is 163 Å². The monoisotopic (exact) mass is 371 g/mol. The second-order valence-electron chi connectivity index (χ2n) is 7.15. The Balaban J connectivity index is 1.33. The van der Waals surface area contributed by atoms with Gasteiger partial charge in [0.05, 0.1) is 11.9 Å². The first kappa shape index (κ1) is 16.8. The molecule has 0 radical (unpaired) electrons. The number of benzene rings is 2. The third-order valence-corrected chi connectivity index (χ3v) is 5.43. The fraction of sp³-hybridized carbons (Fsp3) is 0.217. The van der Waals surface area contributed by atoms with Gasteiger partial charge in [0.1, 0.15) is 18.9 Å². The largest absolute Gasteiger partial charge is 0.488 e. The molecule has 1 amide bonds. The van der Waals surface area contributed by atoms with Crippen molar-refractivity contribution in [2.45, 2.75) is 19.6 Å². The normalized spacial score (nSPS) is 15.3. The van der Waals surface area contributed by atoms with Crippen LogP contribution in [0.3, 0.4) is 0 Å². The predicted octanol–water partition coefficient (Wildman–Crippen LogP) is 3.76. The summed E-state index contributed by atoms with van der Waals surface area (Å²) in [6.07, 6.45) is 4.85. The molecule has 2 aliphatic rings. The fourth-order valence-electron chi connectivity index (χ4n) is 3.94. The molecule has 1 aromatic heterocycles. The first-order chi connectivity index (χ1) is 13.8. The first-order valence-corrected chi connectivity index (χ1v) is 9.59. The van der Waals surface area contributed by atoms with E-state index in [-0.39, 0.29) is 12.5 Å². The molecule has 5 rings (SSSR count). The summed E-state index contributed by atoms with van der Waals surface area (Å²) in [7, 11) is 0. The first-order valence-electron chi connectivity index (χ1n) is 9.59. The highest BCUT2D eigenvalue weighted by atomic mass is 16.5. The highest BCUT2D eigenvalue weighted by Gasteiger charge is 2.24. The van der Waals surface area contributed by atoms with Crippen molar-refractivity contribution in [2.75, 3.05) is 13.1 Å². The van der Waals surface area contributed by atoms with Gasteiger partial charge in [-0.3, -0.25) is 9.48 Å². The molecule has 0 atom stereocenters. The molecule has 0 fully saturated rings. The van der Waals surface area contributed by atoms with E-state index in [0.717, 1.165) is 35.5 Å². The zero-order valence-corrected chi connectivity index (χ0v) is 15.5. The summed E-state index contributed by atoms with van der Waals surface area (Å²) in [6, 6.07) is 18.3. The standard InChI is InChI=1S/C23H21N3O2/c27-22(25-12-10-18(11-13-25)17-6-2-1-3-7-17)15-26-23-19(14-24-26)16-28-21-9-5-4-8-20(21)23/h1-10,14H,11-13,15-16H2. The van der Waals surface area contributed by atoms with Crippen molar-refractivity contribution in [3.8, 4) is 17.0 Å². The minimum atomic E-state index is 0.0956. The highest BCUT2D eigenvalue weighted by Crippen LogP contribution is 2.37. The van der Waals surface area contributed by atoms with Crippen LogP contribution in [0.1, 0.15) is 17.5 Å². The maximum absolute atomic E-state index is 12.9. The lowest BCUT2D eigenvalue weighted by molar-refractivity contribution is -0.131. The second-order valence-corrected chi connectivity index (χ2v) is 7.15. The molecular formula is C23H21N3O2. The van der Waals surface area contributed by atoms with E-state index in [9.17, 15) is 4.79 Å². The van der Waals surface area contributed by atoms with Gasteiger partial charge in [-0.1, -0.05) is 48.5 Å². The number of carbonyl (C=O) groups is 1. The van der Waals surface area contributed by atoms with Crippen molar-refractivity contribution >= 4 is 11.5 Å². The van der Waals surface area contributed by atoms with E-state index in [4.69, 9.17) is 4.74 Å². The fourth-order valence-corrected chi connectivity index (χ4v) is 3.94. The summed E-state index contributed by atoms with van der Waals surface area (Å²) in [5.74, 6) is 0.941. The number of hydrogen-bond acceptors (Lipinski definition) is 3. The van der Waals surface area contributed by atoms with Gasteiger partial charge in [-0.25, -0.2) is 0 Å². The smallest absolute Gasteiger partial charge is 0.244 e. The molecule has 0 aliphatic carbocycles. The molecule has 3 aromatic rings. The number of nitrogens with zero attached hydrogens (tertiary/aromatic N) is 3. The molecule has 0 bridgehead atoms. The second kappa shape index (κ2) is 7.00. The number of aromatic nitrogens is 2. The van der Waals surface area contributed by atoms with Crippen molar-refractivity contribution in [2.24, 2.45) is 0 Å². The number of carbonyl (C=O) groups excluding carboxylic acids is 1. The summed E-state index contributed by atoms with van der Waals surface area (Å²) in [5.41, 5.74) is 5.57. The molecule has 0 saturated heterocycles. The third-order valence-electron chi connectivity index (χ3n) is 5.43. The summed E-state index contributed by atoms with van der Waals surface area (Å²) in [4.78, 5) is 14.8. The lowest BCUT2D eigenvalue weighted by Crippen LogP contribution is -2.37. The van der Waals surface area contributed by atoms with Gasteiger partial charge in [-0.05, 0) is 29.7 Å². The summed E-state index contributed by atoms with van der Waals surface area (Å²) in [5, 5.41) is 4.47. The van der Waals surface area contributed by atoms with Gasteiger partial charge in [0.2, 0.25) is 5.91 Å². The van der Waals surface area contributed by atoms with Crippen LogP contribution in [0, 0.1) is 0 Å². The van der Waals surface area contributed by atoms with Crippen molar-refractivity contribution in [3.63, 3.8) is 0 Å². The van der Waals surface area contributed by atoms with Crippen LogP contribution >= 0.6 is 0 Å². The SMILES string of the molecule is O=C(Cn1ncc2c1-c1ccccc1OC2)N1CC=C(c2ccccc2)CC1. The average Bonchev–Trinajstić information content (AvgIpc) is 3.18. The van der Waals surface area contributed by atoms with Gasteiger partial charge < -0.3 is 9.64 Å². The van der Waals surface area contributed by atoms with Gasteiger partial charge in [-0.15, -0.1) is 0 Å². The number of fused-ring (bicyclic) bond motifs is 3. The van der Waals surface area contributed by atoms with E-state index >= 15 is 0 Å². The van der Waals surface area contributed by atoms with E-state index in [1.165, 1.54) is 11.1 Å². The van der Waals surface area contributed by atoms with E-state index in [0.29, 0.717) is 13.2 Å². The minimum Gasteiger partial charge on any atom is -0.488 e. The summed E-state index contributed by atoms with van der Waals surface area (Å²) in [6.45, 7) is 2.13. The third kappa shape index (κ3) is 2.99. The molecule has 5 heteroatoms. The molecule has 0 saturated carbocycles. The quantitative estimate of drug-likeness (QED) is 0.704. The van der Waals surface area contributed by atoms with Crippen LogP contribution in [-0.2, 0) is 17.9 Å². The van der Waals surface area contributed by atoms with E-state index in [1.54, 1.807) is 0 Å². The molecule has 140 valence electrons. The van der Waals surface area contributed by atoms with E-state index in [2.05, 4.69) is 35.4 Å². The Kier molecular flexibility index (Phi) is 4.20. The Morgan fingerprint density at radius 3 is 2.71 bits per heavy atom. The van der Waals surface area contributed by atoms with E-state index < -0.39 is 0 Å². The Bertz CT molecular complexity index is 1050. The van der Waals surface area contributed by atoms with Gasteiger partial charge in [0, 0.05) is 24.2 Å². The molecule has 2 aromatic carbocycles. The molecule has 5 nitrogen and oxygen atoms in total. The lowest BCUT2D eigenvalue weighted by Gasteiger charge is -2.27. The number of ether oxygens (including phenoxy) is 1. The number of amides is 1. The van der Waals surface area contributed by atoms with Crippen molar-refractivity contribution < 1.29 is 9.53 Å². The predicted molar refractivity (Wildman–Crippen MR) is 108 cm³/mol. The van der Waals surface area contributed by atoms with Crippen LogP contribution in [-0.4, -0.2) is 33.7 Å². The molecular weight excluding hydrogens is 350 g/mol. The molecule has 28 heavy (non-hydrogen) atoms. The Morgan fingerprint density at radius 2 is 1.89 bits per heavy atom. The van der Waals surface area contributed by atoms with E-state index in [1.807, 2.05) is 46.1 Å². The highest BCUT2D eigenvalue weighted by molar-refractivity contribution is 5.80. The Morgan fingerprint density at radius 1 is 1.07 bits per heavy atom. The number of para-hydroxylation sites is 1. The number of hydrogen-bond donors (Lipinski definition) is 0. The zero-order valence-electron chi connectivity index (χ0n) is 15.5. The van der Waals surface area contributed by atoms with Gasteiger partial charge in [0.15, 0.2) is 0 Å². The van der Waals surface area contributed by atoms with Gasteiger partial charge in [-0.2, -0.15) is 5.10 Å². The molecule has 0 spiro atoms. The van der Waals surface area contributed by atoms with Crippen LogP contribution in [0.5, 0.6) is 5.75 Å². The van der Waals surface area contributed by atoms with Crippen LogP contribution in [0.25, 0.3) is 16.8 Å². The molecule has 2 aliphatic heterocycles. The average molecular weight is 371 g/mol. The van der Waals surface area contributed by atoms with Gasteiger partial charge in [0.25, 0.3) is 0 Å². The van der Waals surface area contributed by atoms with Crippen LogP contribution < -0.4 is 4.74 Å². The van der Waals surface area contributed by atoms with Gasteiger partial charge >= 0.3 is 0 Å². The van der Waals surface area contributed by atoms with Crippen molar-refractivity contribution in [3.05, 3.63) is 78.0 Å². The lowest BCUT2D eigenvalue weighted by atomic mass is 9.99. The minimum absolute atomic E-state index is 0.0956. The van der Waals surface area contributed by atoms with Crippen LogP contribution in [0.15, 0.2) is 66.9 Å². The zero-order chi connectivity index (χ0) is 18.9. The molecule has 3 heterocycles. The van der Waals surface area contributed by atoms with Crippen LogP contribution in [0.4, 0.5) is 0 Å². The maximum atomic E-state index is 12.9. The Hall–Kier alpha value is -3.34. The summed E-state index contributed by atoms with van der Waals surface area (Å²) >= 11 is 0. The summed E-state index contributed by atoms with van der Waals surface area (Å²) < 4.78 is 7.60. The molecule has 0 unspecified atom stereocenters.